The number of hydrogen-bond acceptors (Lipinski definition) is 13. The van der Waals surface area contributed by atoms with Crippen molar-refractivity contribution >= 4 is 70.1 Å². The van der Waals surface area contributed by atoms with Crippen LogP contribution in [0, 0.1) is 0 Å². The summed E-state index contributed by atoms with van der Waals surface area (Å²) in [5.41, 5.74) is 4.50. The van der Waals surface area contributed by atoms with E-state index >= 15 is 0 Å². The van der Waals surface area contributed by atoms with Crippen molar-refractivity contribution in [3.63, 3.8) is 0 Å². The number of fused-ring (bicyclic) bond motifs is 2. The topological polar surface area (TPSA) is 247 Å². The van der Waals surface area contributed by atoms with E-state index in [4.69, 9.17) is 10.6 Å². The normalized spacial score (nSPS) is 19.7. The third-order valence-corrected chi connectivity index (χ3v) is 8.91. The van der Waals surface area contributed by atoms with Crippen molar-refractivity contribution in [2.24, 2.45) is 5.16 Å². The molecule has 2 atom stereocenters. The summed E-state index contributed by atoms with van der Waals surface area (Å²) in [6.07, 6.45) is 3.29. The summed E-state index contributed by atoms with van der Waals surface area (Å²) >= 11 is 2.05. The van der Waals surface area contributed by atoms with Gasteiger partial charge in [-0.15, -0.1) is 21.1 Å². The van der Waals surface area contributed by atoms with Crippen molar-refractivity contribution in [2.45, 2.75) is 56.9 Å². The third-order valence-electron chi connectivity index (χ3n) is 7.03. The lowest BCUT2D eigenvalue weighted by Gasteiger charge is -2.49. The fraction of sp³-hybridized carbons (Fsp3) is 0.458. The van der Waals surface area contributed by atoms with E-state index in [0.717, 1.165) is 40.8 Å². The first kappa shape index (κ1) is 30.7. The second-order valence-corrected chi connectivity index (χ2v) is 12.3. The maximum Gasteiger partial charge on any atom is 0.352 e. The van der Waals surface area contributed by atoms with Gasteiger partial charge in [-0.05, 0) is 20.3 Å². The van der Waals surface area contributed by atoms with Gasteiger partial charge in [-0.3, -0.25) is 19.3 Å². The number of nitrogens with zero attached hydrogens (tertiary/aromatic N) is 6. The lowest BCUT2D eigenvalue weighted by Crippen LogP contribution is -2.71. The van der Waals surface area contributed by atoms with E-state index in [2.05, 4.69) is 30.5 Å². The highest BCUT2D eigenvalue weighted by Crippen LogP contribution is 2.40. The molecule has 5 heterocycles. The van der Waals surface area contributed by atoms with E-state index in [1.165, 1.54) is 25.6 Å². The number of aromatic nitrogens is 4. The van der Waals surface area contributed by atoms with Crippen molar-refractivity contribution in [2.75, 3.05) is 23.3 Å². The fourth-order valence-corrected chi connectivity index (χ4v) is 6.59. The number of amides is 3. The minimum absolute atomic E-state index is 0.0144. The maximum atomic E-state index is 13.3. The SMILES string of the molecule is CC(C)(O/N=C(\C(=O)N[C@@H]1C(=O)N2C(C(=O)O)=C(C[n+]3cc(CNC=O)c4n3CCCN4)CS[C@H]12)c1nsc(N)n1)C(=O)O. The van der Waals surface area contributed by atoms with Crippen molar-refractivity contribution in [1.82, 2.24) is 29.6 Å². The van der Waals surface area contributed by atoms with Crippen LogP contribution in [0.4, 0.5) is 10.9 Å². The minimum Gasteiger partial charge on any atom is -0.478 e. The molecule has 0 saturated carbocycles. The number of oxime groups is 1. The molecule has 3 aliphatic rings. The molecular formula is C24H29N10O8S2+. The van der Waals surface area contributed by atoms with Gasteiger partial charge in [0.25, 0.3) is 11.8 Å². The molecule has 18 nitrogen and oxygen atoms in total. The molecule has 1 fully saturated rings. The Morgan fingerprint density at radius 2 is 2.14 bits per heavy atom. The number of nitrogens with two attached hydrogens (primary N) is 1. The summed E-state index contributed by atoms with van der Waals surface area (Å²) in [5, 5.41) is 30.9. The molecule has 234 valence electrons. The molecule has 0 radical (unpaired) electrons. The zero-order chi connectivity index (χ0) is 31.8. The lowest BCUT2D eigenvalue weighted by molar-refractivity contribution is -0.768. The van der Waals surface area contributed by atoms with Crippen LogP contribution in [0.5, 0.6) is 0 Å². The highest BCUT2D eigenvalue weighted by atomic mass is 32.2. The molecule has 3 amide bonds. The lowest BCUT2D eigenvalue weighted by atomic mass is 10.0. The Hall–Kier alpha value is -4.72. The van der Waals surface area contributed by atoms with E-state index in [1.54, 1.807) is 0 Å². The fourth-order valence-electron chi connectivity index (χ4n) is 4.82. The van der Waals surface area contributed by atoms with Gasteiger partial charge in [0.05, 0.1) is 18.7 Å². The van der Waals surface area contributed by atoms with E-state index in [9.17, 15) is 34.2 Å². The van der Waals surface area contributed by atoms with Gasteiger partial charge in [0.15, 0.2) is 17.5 Å². The predicted molar refractivity (Wildman–Crippen MR) is 154 cm³/mol. The van der Waals surface area contributed by atoms with E-state index in [1.807, 2.05) is 15.6 Å². The number of carboxylic acids is 2. The van der Waals surface area contributed by atoms with Crippen LogP contribution >= 0.6 is 23.3 Å². The zero-order valence-electron chi connectivity index (χ0n) is 23.5. The number of rotatable bonds is 12. The van der Waals surface area contributed by atoms with Crippen molar-refractivity contribution < 1.29 is 43.7 Å². The number of anilines is 2. The van der Waals surface area contributed by atoms with E-state index in [0.29, 0.717) is 25.1 Å². The summed E-state index contributed by atoms with van der Waals surface area (Å²) in [4.78, 5) is 71.5. The molecule has 0 bridgehead atoms. The van der Waals surface area contributed by atoms with Crippen molar-refractivity contribution in [3.05, 3.63) is 28.9 Å². The molecule has 44 heavy (non-hydrogen) atoms. The first-order valence-corrected chi connectivity index (χ1v) is 15.1. The average Bonchev–Trinajstić information content (AvgIpc) is 3.57. The Bertz CT molecular complexity index is 1600. The summed E-state index contributed by atoms with van der Waals surface area (Å²) in [7, 11) is 0. The summed E-state index contributed by atoms with van der Waals surface area (Å²) in [6, 6.07) is -1.11. The molecule has 0 unspecified atom stereocenters. The summed E-state index contributed by atoms with van der Waals surface area (Å²) < 4.78 is 7.78. The molecule has 5 rings (SSSR count). The smallest absolute Gasteiger partial charge is 0.352 e. The first-order chi connectivity index (χ1) is 20.9. The zero-order valence-corrected chi connectivity index (χ0v) is 25.1. The van der Waals surface area contributed by atoms with Gasteiger partial charge in [0.2, 0.25) is 29.7 Å². The highest BCUT2D eigenvalue weighted by molar-refractivity contribution is 8.00. The molecule has 2 aromatic heterocycles. The predicted octanol–water partition coefficient (Wildman–Crippen LogP) is -1.71. The molecule has 20 heteroatoms. The number of β-lactam (4-membered cyclic amide) rings is 1. The van der Waals surface area contributed by atoms with Crippen LogP contribution in [0.25, 0.3) is 0 Å². The highest BCUT2D eigenvalue weighted by Gasteiger charge is 2.55. The second kappa shape index (κ2) is 12.1. The molecule has 0 aliphatic carbocycles. The number of carboxylic acid groups (broad SMARTS) is 2. The summed E-state index contributed by atoms with van der Waals surface area (Å²) in [6.45, 7) is 4.37. The Morgan fingerprint density at radius 3 is 2.80 bits per heavy atom. The van der Waals surface area contributed by atoms with Crippen LogP contribution in [0.2, 0.25) is 0 Å². The molecule has 3 aliphatic heterocycles. The number of nitrogens with one attached hydrogen (secondary N) is 3. The maximum absolute atomic E-state index is 13.3. The molecule has 0 aromatic carbocycles. The van der Waals surface area contributed by atoms with E-state index < -0.39 is 46.5 Å². The second-order valence-electron chi connectivity index (χ2n) is 10.4. The van der Waals surface area contributed by atoms with Gasteiger partial charge in [-0.1, -0.05) is 5.16 Å². The Kier molecular flexibility index (Phi) is 8.46. The molecule has 2 aromatic rings. The van der Waals surface area contributed by atoms with Gasteiger partial charge >= 0.3 is 11.9 Å². The average molecular weight is 650 g/mol. The van der Waals surface area contributed by atoms with Gasteiger partial charge in [-0.2, -0.15) is 9.36 Å². The van der Waals surface area contributed by atoms with Crippen LogP contribution < -0.4 is 26.4 Å². The van der Waals surface area contributed by atoms with Crippen LogP contribution in [-0.2, 0) is 48.4 Å². The number of hydrogen-bond donors (Lipinski definition) is 6. The number of carbonyl (C=O) groups excluding carboxylic acids is 3. The number of aliphatic carboxylic acids is 2. The Labute approximate surface area is 257 Å². The summed E-state index contributed by atoms with van der Waals surface area (Å²) in [5.74, 6) is -3.37. The Morgan fingerprint density at radius 1 is 1.36 bits per heavy atom. The van der Waals surface area contributed by atoms with E-state index in [-0.39, 0.29) is 29.0 Å². The minimum atomic E-state index is -1.80. The third kappa shape index (κ3) is 5.76. The van der Waals surface area contributed by atoms with Crippen LogP contribution in [0.1, 0.15) is 31.7 Å². The molecule has 7 N–H and O–H groups in total. The van der Waals surface area contributed by atoms with Gasteiger partial charge in [-0.25, -0.2) is 9.59 Å². The van der Waals surface area contributed by atoms with Gasteiger partial charge < -0.3 is 36.7 Å². The molecular weight excluding hydrogens is 620 g/mol. The van der Waals surface area contributed by atoms with Crippen LogP contribution in [-0.4, -0.2) is 94.3 Å². The van der Waals surface area contributed by atoms with Crippen LogP contribution in [0.15, 0.2) is 22.6 Å². The number of nitrogen functional groups attached to an aromatic ring is 1. The van der Waals surface area contributed by atoms with Crippen molar-refractivity contribution in [3.8, 4) is 0 Å². The standard InChI is InChI=1S/C24H28N10O8S2/c1-24(2,22(40)41)42-30-13(16-29-23(25)44-31-16)18(36)28-14-19(37)34-15(21(38)39)12(9-43-20(14)34)8-32-7-11(6-26-10-35)17-27-4-3-5-33(17)32/h7,10,14,20H,3-6,8-9H2,1-2H3,(H6,25,26,28,29,31,35,36,38,39,40,41)/p+1/b30-13-/t14-,20-/m1/s1. The quantitative estimate of drug-likeness (QED) is 0.0494. The largest absolute Gasteiger partial charge is 0.478 e. The van der Waals surface area contributed by atoms with Gasteiger partial charge in [0, 0.05) is 29.4 Å². The first-order valence-electron chi connectivity index (χ1n) is 13.3. The van der Waals surface area contributed by atoms with Crippen LogP contribution in [0.3, 0.4) is 0 Å². The number of carbonyl (C=O) groups is 5. The molecule has 1 saturated heterocycles. The van der Waals surface area contributed by atoms with Gasteiger partial charge in [0.1, 0.15) is 17.1 Å². The Balaban J connectivity index is 1.37. The monoisotopic (exact) mass is 649 g/mol. The molecule has 0 spiro atoms. The van der Waals surface area contributed by atoms with Crippen molar-refractivity contribution in [1.29, 1.82) is 0 Å². The number of thioether (sulfide) groups is 1.